The maximum Gasteiger partial charge on any atom is 0.254 e. The van der Waals surface area contributed by atoms with E-state index in [9.17, 15) is 13.2 Å². The van der Waals surface area contributed by atoms with Crippen molar-refractivity contribution in [1.82, 2.24) is 4.90 Å². The first-order valence-electron chi connectivity index (χ1n) is 7.81. The molecule has 1 atom stereocenters. The maximum atomic E-state index is 12.8. The number of nitrogens with zero attached hydrogens (tertiary/aromatic N) is 1. The van der Waals surface area contributed by atoms with Gasteiger partial charge in [-0.25, -0.2) is 8.42 Å². The van der Waals surface area contributed by atoms with Crippen molar-refractivity contribution in [2.24, 2.45) is 0 Å². The molecular formula is C18H18ClNO4S. The van der Waals surface area contributed by atoms with Crippen LogP contribution in [0.1, 0.15) is 22.0 Å². The Morgan fingerprint density at radius 2 is 1.96 bits per heavy atom. The zero-order valence-corrected chi connectivity index (χ0v) is 15.3. The van der Waals surface area contributed by atoms with Crippen LogP contribution in [-0.2, 0) is 14.6 Å². The molecule has 0 aliphatic carbocycles. The number of ether oxygens (including phenoxy) is 1. The summed E-state index contributed by atoms with van der Waals surface area (Å²) in [6, 6.07) is 13.5. The Balaban J connectivity index is 1.82. The van der Waals surface area contributed by atoms with Gasteiger partial charge in [0.05, 0.1) is 18.0 Å². The van der Waals surface area contributed by atoms with Crippen molar-refractivity contribution in [1.29, 1.82) is 0 Å². The summed E-state index contributed by atoms with van der Waals surface area (Å²) in [6.07, 6.45) is 0.822. The molecule has 1 aliphatic heterocycles. The standard InChI is InChI=1S/C18H18ClNO4S/c1-25(22,23)14-6-4-5-13(11-14)18(21)20-9-10-24-17(12-20)15-7-2-3-8-16(15)19/h2-8,11,17H,9-10,12H2,1H3. The highest BCUT2D eigenvalue weighted by Crippen LogP contribution is 2.29. The highest BCUT2D eigenvalue weighted by atomic mass is 35.5. The molecule has 2 aromatic rings. The SMILES string of the molecule is CS(=O)(=O)c1cccc(C(=O)N2CCOC(c3ccccc3Cl)C2)c1. The molecule has 5 nitrogen and oxygen atoms in total. The van der Waals surface area contributed by atoms with Crippen LogP contribution in [0.2, 0.25) is 5.02 Å². The average molecular weight is 380 g/mol. The second-order valence-electron chi connectivity index (χ2n) is 5.93. The highest BCUT2D eigenvalue weighted by Gasteiger charge is 2.27. The Labute approximate surface area is 152 Å². The number of hydrogen-bond donors (Lipinski definition) is 0. The third-order valence-corrected chi connectivity index (χ3v) is 5.57. The summed E-state index contributed by atoms with van der Waals surface area (Å²) in [7, 11) is -3.36. The molecule has 25 heavy (non-hydrogen) atoms. The molecule has 0 spiro atoms. The molecule has 1 aliphatic rings. The number of sulfone groups is 1. The lowest BCUT2D eigenvalue weighted by Gasteiger charge is -2.33. The Morgan fingerprint density at radius 1 is 1.20 bits per heavy atom. The third-order valence-electron chi connectivity index (χ3n) is 4.11. The van der Waals surface area contributed by atoms with Crippen molar-refractivity contribution in [2.45, 2.75) is 11.0 Å². The third kappa shape index (κ3) is 4.03. The van der Waals surface area contributed by atoms with Crippen LogP contribution in [0.25, 0.3) is 0 Å². The van der Waals surface area contributed by atoms with Crippen molar-refractivity contribution >= 4 is 27.3 Å². The van der Waals surface area contributed by atoms with E-state index in [0.29, 0.717) is 30.3 Å². The molecule has 0 aromatic heterocycles. The van der Waals surface area contributed by atoms with Gasteiger partial charge in [-0.05, 0) is 24.3 Å². The van der Waals surface area contributed by atoms with Gasteiger partial charge in [-0.3, -0.25) is 4.79 Å². The highest BCUT2D eigenvalue weighted by molar-refractivity contribution is 7.90. The van der Waals surface area contributed by atoms with E-state index in [2.05, 4.69) is 0 Å². The minimum Gasteiger partial charge on any atom is -0.370 e. The molecule has 2 aromatic carbocycles. The van der Waals surface area contributed by atoms with Gasteiger partial charge in [0.1, 0.15) is 6.10 Å². The van der Waals surface area contributed by atoms with E-state index < -0.39 is 9.84 Å². The topological polar surface area (TPSA) is 63.7 Å². The van der Waals surface area contributed by atoms with Gasteiger partial charge in [0.2, 0.25) is 0 Å². The van der Waals surface area contributed by atoms with Gasteiger partial charge in [0, 0.05) is 29.0 Å². The van der Waals surface area contributed by atoms with Gasteiger partial charge in [0.25, 0.3) is 5.91 Å². The predicted octanol–water partition coefficient (Wildman–Crippen LogP) is 2.96. The normalized spacial score (nSPS) is 18.2. The fraction of sp³-hybridized carbons (Fsp3) is 0.278. The Hall–Kier alpha value is -1.89. The van der Waals surface area contributed by atoms with Gasteiger partial charge in [-0.2, -0.15) is 0 Å². The largest absolute Gasteiger partial charge is 0.370 e. The number of amides is 1. The molecule has 1 saturated heterocycles. The van der Waals surface area contributed by atoms with Gasteiger partial charge < -0.3 is 9.64 Å². The van der Waals surface area contributed by atoms with Gasteiger partial charge >= 0.3 is 0 Å². The lowest BCUT2D eigenvalue weighted by Crippen LogP contribution is -2.42. The molecule has 1 fully saturated rings. The fourth-order valence-electron chi connectivity index (χ4n) is 2.80. The summed E-state index contributed by atoms with van der Waals surface area (Å²) in [4.78, 5) is 14.6. The van der Waals surface area contributed by atoms with Gasteiger partial charge in [-0.1, -0.05) is 35.9 Å². The summed E-state index contributed by atoms with van der Waals surface area (Å²) in [5, 5.41) is 0.598. The zero-order chi connectivity index (χ0) is 18.0. The van der Waals surface area contributed by atoms with E-state index >= 15 is 0 Å². The number of benzene rings is 2. The van der Waals surface area contributed by atoms with Gasteiger partial charge in [-0.15, -0.1) is 0 Å². The van der Waals surface area contributed by atoms with E-state index in [0.717, 1.165) is 11.8 Å². The first kappa shape index (κ1) is 17.9. The maximum absolute atomic E-state index is 12.8. The van der Waals surface area contributed by atoms with E-state index in [4.69, 9.17) is 16.3 Å². The second-order valence-corrected chi connectivity index (χ2v) is 8.36. The predicted molar refractivity (Wildman–Crippen MR) is 95.6 cm³/mol. The van der Waals surface area contributed by atoms with E-state index in [1.807, 2.05) is 18.2 Å². The minimum absolute atomic E-state index is 0.134. The van der Waals surface area contributed by atoms with E-state index in [1.165, 1.54) is 12.1 Å². The number of carbonyl (C=O) groups excluding carboxylic acids is 1. The van der Waals surface area contributed by atoms with E-state index in [1.54, 1.807) is 23.1 Å². The Kier molecular flexibility index (Phi) is 5.13. The first-order chi connectivity index (χ1) is 11.9. The second kappa shape index (κ2) is 7.15. The molecule has 0 bridgehead atoms. The van der Waals surface area contributed by atoms with Crippen molar-refractivity contribution in [3.05, 3.63) is 64.7 Å². The molecular weight excluding hydrogens is 362 g/mol. The quantitative estimate of drug-likeness (QED) is 0.822. The van der Waals surface area contributed by atoms with Crippen molar-refractivity contribution < 1.29 is 17.9 Å². The first-order valence-corrected chi connectivity index (χ1v) is 10.1. The van der Waals surface area contributed by atoms with Crippen LogP contribution in [0, 0.1) is 0 Å². The zero-order valence-electron chi connectivity index (χ0n) is 13.7. The molecule has 1 unspecified atom stereocenters. The number of morpholine rings is 1. The van der Waals surface area contributed by atoms with Crippen LogP contribution >= 0.6 is 11.6 Å². The monoisotopic (exact) mass is 379 g/mol. The van der Waals surface area contributed by atoms with Crippen LogP contribution in [0.4, 0.5) is 0 Å². The van der Waals surface area contributed by atoms with Crippen LogP contribution in [0.15, 0.2) is 53.4 Å². The van der Waals surface area contributed by atoms with Crippen LogP contribution < -0.4 is 0 Å². The minimum atomic E-state index is -3.36. The van der Waals surface area contributed by atoms with Crippen LogP contribution in [0.3, 0.4) is 0 Å². The Morgan fingerprint density at radius 3 is 2.68 bits per heavy atom. The van der Waals surface area contributed by atoms with Crippen LogP contribution in [-0.4, -0.2) is 45.2 Å². The molecule has 132 valence electrons. The summed E-state index contributed by atoms with van der Waals surface area (Å²) < 4.78 is 29.2. The molecule has 0 N–H and O–H groups in total. The number of halogens is 1. The lowest BCUT2D eigenvalue weighted by molar-refractivity contribution is -0.0227. The molecule has 3 rings (SSSR count). The van der Waals surface area contributed by atoms with E-state index in [-0.39, 0.29) is 16.9 Å². The smallest absolute Gasteiger partial charge is 0.254 e. The lowest BCUT2D eigenvalue weighted by atomic mass is 10.1. The van der Waals surface area contributed by atoms with Gasteiger partial charge in [0.15, 0.2) is 9.84 Å². The molecule has 1 heterocycles. The van der Waals surface area contributed by atoms with Crippen molar-refractivity contribution in [3.8, 4) is 0 Å². The number of carbonyl (C=O) groups is 1. The van der Waals surface area contributed by atoms with Crippen molar-refractivity contribution in [2.75, 3.05) is 26.0 Å². The molecule has 0 saturated carbocycles. The summed E-state index contributed by atoms with van der Waals surface area (Å²) >= 11 is 6.22. The molecule has 0 radical (unpaired) electrons. The molecule has 7 heteroatoms. The number of hydrogen-bond acceptors (Lipinski definition) is 4. The number of rotatable bonds is 3. The van der Waals surface area contributed by atoms with Crippen molar-refractivity contribution in [3.63, 3.8) is 0 Å². The summed E-state index contributed by atoms with van der Waals surface area (Å²) in [5.74, 6) is -0.217. The Bertz CT molecular complexity index is 897. The molecule has 1 amide bonds. The summed E-state index contributed by atoms with van der Waals surface area (Å²) in [6.45, 7) is 1.21. The average Bonchev–Trinajstić information content (AvgIpc) is 2.61. The van der Waals surface area contributed by atoms with Crippen LogP contribution in [0.5, 0.6) is 0 Å². The fourth-order valence-corrected chi connectivity index (χ4v) is 3.72. The summed E-state index contributed by atoms with van der Waals surface area (Å²) in [5.41, 5.74) is 1.19.